The molecular weight excluding hydrogens is 559 g/mol. The first-order valence-electron chi connectivity index (χ1n) is 11.8. The number of rotatable bonds is 9. The number of nitrogens with one attached hydrogen (secondary N) is 1. The molecule has 1 heterocycles. The number of sulfonamides is 1. The van der Waals surface area contributed by atoms with E-state index in [1.807, 2.05) is 48.7 Å². The average Bonchev–Trinajstić information content (AvgIpc) is 3.20. The molecule has 0 saturated heterocycles. The summed E-state index contributed by atoms with van der Waals surface area (Å²) in [7, 11) is -2.64. The molecule has 3 aromatic carbocycles. The maximum Gasteiger partial charge on any atom is 0.264 e. The standard InChI is InChI=1S/C28H26Cl2N4O4S/c1-19-15-21(20(2)34(19)23-11-9-22(29)10-12-23)17-31-32-28(35)18-33(24-13-14-27(38-3)26(30)16-24)39(36,37)25-7-5-4-6-8-25/h4-17H,18H2,1-3H3,(H,32,35)/b31-17-. The monoisotopic (exact) mass is 584 g/mol. The Morgan fingerprint density at radius 1 is 1.03 bits per heavy atom. The molecule has 0 saturated carbocycles. The number of ether oxygens (including phenoxy) is 1. The molecule has 0 fully saturated rings. The zero-order valence-corrected chi connectivity index (χ0v) is 23.8. The van der Waals surface area contributed by atoms with Crippen LogP contribution in [0.2, 0.25) is 10.0 Å². The Balaban J connectivity index is 1.56. The SMILES string of the molecule is COc1ccc(N(CC(=O)N/N=C\c2cc(C)n(-c3ccc(Cl)cc3)c2C)S(=O)(=O)c2ccccc2)cc1Cl. The number of hydrogen-bond donors (Lipinski definition) is 1. The second kappa shape index (κ2) is 11.9. The number of carbonyl (C=O) groups excluding carboxylic acids is 1. The van der Waals surface area contributed by atoms with Gasteiger partial charge >= 0.3 is 0 Å². The number of nitrogens with zero attached hydrogens (tertiary/aromatic N) is 3. The number of amides is 1. The number of benzene rings is 3. The summed E-state index contributed by atoms with van der Waals surface area (Å²) in [5, 5.41) is 4.94. The molecule has 1 N–H and O–H groups in total. The summed E-state index contributed by atoms with van der Waals surface area (Å²) in [5.41, 5.74) is 6.25. The molecule has 1 aromatic heterocycles. The normalized spacial score (nSPS) is 11.5. The van der Waals surface area contributed by atoms with Crippen molar-refractivity contribution in [2.75, 3.05) is 18.0 Å². The Kier molecular flexibility index (Phi) is 8.64. The largest absolute Gasteiger partial charge is 0.495 e. The molecule has 1 amide bonds. The Labute approximate surface area is 237 Å². The highest BCUT2D eigenvalue weighted by molar-refractivity contribution is 7.92. The van der Waals surface area contributed by atoms with Crippen molar-refractivity contribution >= 4 is 51.0 Å². The summed E-state index contributed by atoms with van der Waals surface area (Å²) in [4.78, 5) is 12.9. The van der Waals surface area contributed by atoms with Gasteiger partial charge < -0.3 is 9.30 Å². The molecule has 4 rings (SSSR count). The minimum absolute atomic E-state index is 0.0304. The van der Waals surface area contributed by atoms with Gasteiger partial charge in [0.1, 0.15) is 12.3 Å². The summed E-state index contributed by atoms with van der Waals surface area (Å²) >= 11 is 12.3. The molecule has 0 aliphatic heterocycles. The molecule has 0 unspecified atom stereocenters. The van der Waals surface area contributed by atoms with E-state index in [-0.39, 0.29) is 15.6 Å². The van der Waals surface area contributed by atoms with Gasteiger partial charge in [0, 0.05) is 27.7 Å². The van der Waals surface area contributed by atoms with Crippen LogP contribution in [0, 0.1) is 13.8 Å². The van der Waals surface area contributed by atoms with Gasteiger partial charge in [0.15, 0.2) is 0 Å². The fraction of sp³-hybridized carbons (Fsp3) is 0.143. The van der Waals surface area contributed by atoms with Gasteiger partial charge in [0.25, 0.3) is 15.9 Å². The van der Waals surface area contributed by atoms with Crippen LogP contribution in [0.15, 0.2) is 88.9 Å². The highest BCUT2D eigenvalue weighted by atomic mass is 35.5. The zero-order chi connectivity index (χ0) is 28.2. The molecule has 0 radical (unpaired) electrons. The van der Waals surface area contributed by atoms with Gasteiger partial charge in [-0.3, -0.25) is 9.10 Å². The van der Waals surface area contributed by atoms with Crippen LogP contribution in [0.1, 0.15) is 17.0 Å². The molecule has 4 aromatic rings. The van der Waals surface area contributed by atoms with Crippen molar-refractivity contribution in [3.8, 4) is 11.4 Å². The molecule has 8 nitrogen and oxygen atoms in total. The summed E-state index contributed by atoms with van der Waals surface area (Å²) in [6, 6.07) is 21.7. The van der Waals surface area contributed by atoms with Crippen LogP contribution < -0.4 is 14.5 Å². The number of halogens is 2. The first-order chi connectivity index (χ1) is 18.6. The lowest BCUT2D eigenvalue weighted by molar-refractivity contribution is -0.119. The lowest BCUT2D eigenvalue weighted by Crippen LogP contribution is -2.39. The van der Waals surface area contributed by atoms with Crippen LogP contribution >= 0.6 is 23.2 Å². The number of aryl methyl sites for hydroxylation is 1. The van der Waals surface area contributed by atoms with E-state index in [1.165, 1.54) is 43.7 Å². The maximum absolute atomic E-state index is 13.5. The predicted octanol–water partition coefficient (Wildman–Crippen LogP) is 5.76. The van der Waals surface area contributed by atoms with Crippen molar-refractivity contribution in [3.63, 3.8) is 0 Å². The van der Waals surface area contributed by atoms with Crippen LogP contribution in [0.5, 0.6) is 5.75 Å². The molecule has 0 atom stereocenters. The highest BCUT2D eigenvalue weighted by Crippen LogP contribution is 2.32. The van der Waals surface area contributed by atoms with Crippen LogP contribution in [0.3, 0.4) is 0 Å². The van der Waals surface area contributed by atoms with E-state index in [4.69, 9.17) is 27.9 Å². The average molecular weight is 586 g/mol. The number of hydrazone groups is 1. The van der Waals surface area contributed by atoms with Gasteiger partial charge in [0.2, 0.25) is 0 Å². The fourth-order valence-corrected chi connectivity index (χ4v) is 5.90. The summed E-state index contributed by atoms with van der Waals surface area (Å²) in [5.74, 6) is -0.257. The topological polar surface area (TPSA) is 93.0 Å². The number of anilines is 1. The third-order valence-corrected chi connectivity index (χ3v) is 8.33. The number of hydrogen-bond acceptors (Lipinski definition) is 5. The Bertz CT molecular complexity index is 1620. The van der Waals surface area contributed by atoms with Gasteiger partial charge in [-0.25, -0.2) is 13.8 Å². The predicted molar refractivity (Wildman–Crippen MR) is 155 cm³/mol. The molecule has 0 aliphatic carbocycles. The molecular formula is C28H26Cl2N4O4S. The summed E-state index contributed by atoms with van der Waals surface area (Å²) in [6.07, 6.45) is 1.52. The Morgan fingerprint density at radius 2 is 1.72 bits per heavy atom. The van der Waals surface area contributed by atoms with Gasteiger partial charge in [-0.15, -0.1) is 0 Å². The lowest BCUT2D eigenvalue weighted by atomic mass is 10.2. The molecule has 0 spiro atoms. The molecule has 0 bridgehead atoms. The number of carbonyl (C=O) groups is 1. The highest BCUT2D eigenvalue weighted by Gasteiger charge is 2.27. The smallest absolute Gasteiger partial charge is 0.264 e. The van der Waals surface area contributed by atoms with Gasteiger partial charge in [-0.1, -0.05) is 41.4 Å². The van der Waals surface area contributed by atoms with Crippen molar-refractivity contribution in [1.82, 2.24) is 9.99 Å². The quantitative estimate of drug-likeness (QED) is 0.200. The van der Waals surface area contributed by atoms with Gasteiger partial charge in [-0.2, -0.15) is 5.10 Å². The fourth-order valence-electron chi connectivity index (χ4n) is 4.09. The van der Waals surface area contributed by atoms with E-state index >= 15 is 0 Å². The minimum atomic E-state index is -4.10. The number of aromatic nitrogens is 1. The van der Waals surface area contributed by atoms with Crippen LogP contribution in [0.25, 0.3) is 5.69 Å². The van der Waals surface area contributed by atoms with Crippen molar-refractivity contribution in [3.05, 3.63) is 106 Å². The Morgan fingerprint density at radius 3 is 2.36 bits per heavy atom. The third-order valence-electron chi connectivity index (χ3n) is 5.99. The van der Waals surface area contributed by atoms with Crippen LogP contribution in [-0.2, 0) is 14.8 Å². The van der Waals surface area contributed by atoms with Crippen molar-refractivity contribution in [2.24, 2.45) is 5.10 Å². The van der Waals surface area contributed by atoms with E-state index in [1.54, 1.807) is 18.2 Å². The first-order valence-corrected chi connectivity index (χ1v) is 14.0. The molecule has 11 heteroatoms. The van der Waals surface area contributed by atoms with E-state index in [0.29, 0.717) is 10.8 Å². The van der Waals surface area contributed by atoms with Crippen molar-refractivity contribution < 1.29 is 17.9 Å². The van der Waals surface area contributed by atoms with Crippen molar-refractivity contribution in [2.45, 2.75) is 18.7 Å². The third kappa shape index (κ3) is 6.27. The number of methoxy groups -OCH3 is 1. The van der Waals surface area contributed by atoms with Crippen LogP contribution in [-0.4, -0.2) is 38.8 Å². The van der Waals surface area contributed by atoms with Gasteiger partial charge in [-0.05, 0) is 74.5 Å². The zero-order valence-electron chi connectivity index (χ0n) is 21.4. The second-order valence-corrected chi connectivity index (χ2v) is 11.3. The van der Waals surface area contributed by atoms with Gasteiger partial charge in [0.05, 0.1) is 28.9 Å². The molecule has 202 valence electrons. The summed E-state index contributed by atoms with van der Waals surface area (Å²) in [6.45, 7) is 3.37. The van der Waals surface area contributed by atoms with E-state index in [0.717, 1.165) is 26.9 Å². The first kappa shape index (κ1) is 28.2. The molecule has 0 aliphatic rings. The molecule has 39 heavy (non-hydrogen) atoms. The summed E-state index contributed by atoms with van der Waals surface area (Å²) < 4.78 is 35.2. The maximum atomic E-state index is 13.5. The van der Waals surface area contributed by atoms with E-state index < -0.39 is 22.5 Å². The van der Waals surface area contributed by atoms with Crippen molar-refractivity contribution in [1.29, 1.82) is 0 Å². The Hall–Kier alpha value is -3.79. The lowest BCUT2D eigenvalue weighted by Gasteiger charge is -2.24. The van der Waals surface area contributed by atoms with E-state index in [9.17, 15) is 13.2 Å². The van der Waals surface area contributed by atoms with E-state index in [2.05, 4.69) is 10.5 Å². The minimum Gasteiger partial charge on any atom is -0.495 e. The second-order valence-electron chi connectivity index (χ2n) is 8.58. The van der Waals surface area contributed by atoms with Crippen LogP contribution in [0.4, 0.5) is 5.69 Å².